The van der Waals surface area contributed by atoms with E-state index in [-0.39, 0.29) is 16.5 Å². The van der Waals surface area contributed by atoms with Crippen LogP contribution < -0.4 is 0 Å². The number of rotatable bonds is 4. The van der Waals surface area contributed by atoms with E-state index in [9.17, 15) is 10.1 Å². The van der Waals surface area contributed by atoms with Crippen molar-refractivity contribution in [1.82, 2.24) is 0 Å². The van der Waals surface area contributed by atoms with E-state index >= 15 is 0 Å². The first-order valence-electron chi connectivity index (χ1n) is 5.75. The fourth-order valence-electron chi connectivity index (χ4n) is 1.91. The Bertz CT molecular complexity index is 465. The minimum atomic E-state index is -0.383. The van der Waals surface area contributed by atoms with Crippen molar-refractivity contribution in [3.63, 3.8) is 0 Å². The van der Waals surface area contributed by atoms with Gasteiger partial charge in [-0.3, -0.25) is 10.1 Å². The summed E-state index contributed by atoms with van der Waals surface area (Å²) in [5.41, 5.74) is 2.93. The van der Waals surface area contributed by atoms with E-state index < -0.39 is 0 Å². The van der Waals surface area contributed by atoms with Crippen LogP contribution in [0.5, 0.6) is 0 Å². The molecule has 1 aromatic rings. The van der Waals surface area contributed by atoms with E-state index in [0.717, 1.165) is 17.5 Å². The number of hydrogen-bond acceptors (Lipinski definition) is 3. The van der Waals surface area contributed by atoms with E-state index in [1.807, 2.05) is 20.8 Å². The van der Waals surface area contributed by atoms with Crippen LogP contribution in [0.1, 0.15) is 37.5 Å². The molecule has 0 saturated heterocycles. The Balaban J connectivity index is 3.48. The predicted molar refractivity (Wildman–Crippen MR) is 68.9 cm³/mol. The van der Waals surface area contributed by atoms with Crippen molar-refractivity contribution in [2.75, 3.05) is 0 Å². The molecule has 0 amide bonds. The standard InChI is InChI=1S/C13H18N2O2/c1-5-10-6-7-11(15(16)17)9(4)12(10)13(14)8(2)3/h6-8,14H,5H2,1-4H3. The van der Waals surface area contributed by atoms with Gasteiger partial charge in [0.15, 0.2) is 0 Å². The molecular weight excluding hydrogens is 216 g/mol. The molecule has 0 spiro atoms. The van der Waals surface area contributed by atoms with Gasteiger partial charge in [0.05, 0.1) is 4.92 Å². The third kappa shape index (κ3) is 2.52. The Hall–Kier alpha value is -1.71. The van der Waals surface area contributed by atoms with Crippen LogP contribution in [0.15, 0.2) is 12.1 Å². The number of nitro benzene ring substituents is 1. The maximum atomic E-state index is 10.9. The summed E-state index contributed by atoms with van der Waals surface area (Å²) in [6.45, 7) is 7.58. The van der Waals surface area contributed by atoms with Crippen LogP contribution in [-0.4, -0.2) is 10.6 Å². The molecule has 0 fully saturated rings. The minimum absolute atomic E-state index is 0.0704. The van der Waals surface area contributed by atoms with Gasteiger partial charge < -0.3 is 5.41 Å². The molecule has 92 valence electrons. The van der Waals surface area contributed by atoms with Gasteiger partial charge in [0.2, 0.25) is 0 Å². The van der Waals surface area contributed by atoms with E-state index in [1.54, 1.807) is 13.0 Å². The molecule has 0 aliphatic rings. The van der Waals surface area contributed by atoms with Gasteiger partial charge in [-0.05, 0) is 24.8 Å². The van der Waals surface area contributed by atoms with Gasteiger partial charge >= 0.3 is 0 Å². The molecule has 17 heavy (non-hydrogen) atoms. The van der Waals surface area contributed by atoms with Gasteiger partial charge in [0.1, 0.15) is 0 Å². The number of nitrogens with one attached hydrogen (secondary N) is 1. The van der Waals surface area contributed by atoms with Crippen LogP contribution in [0.3, 0.4) is 0 Å². The van der Waals surface area contributed by atoms with Crippen molar-refractivity contribution in [3.8, 4) is 0 Å². The van der Waals surface area contributed by atoms with Gasteiger partial charge in [-0.25, -0.2) is 0 Å². The molecule has 0 aliphatic heterocycles. The van der Waals surface area contributed by atoms with Crippen molar-refractivity contribution >= 4 is 11.4 Å². The number of hydrogen-bond donors (Lipinski definition) is 1. The van der Waals surface area contributed by atoms with E-state index in [4.69, 9.17) is 5.41 Å². The zero-order valence-electron chi connectivity index (χ0n) is 10.7. The van der Waals surface area contributed by atoms with Crippen LogP contribution in [0, 0.1) is 28.4 Å². The Morgan fingerprint density at radius 3 is 2.47 bits per heavy atom. The lowest BCUT2D eigenvalue weighted by molar-refractivity contribution is -0.385. The summed E-state index contributed by atoms with van der Waals surface area (Å²) in [6, 6.07) is 3.29. The van der Waals surface area contributed by atoms with E-state index in [2.05, 4.69) is 0 Å². The molecule has 0 radical (unpaired) electrons. The third-order valence-electron chi connectivity index (χ3n) is 2.95. The van der Waals surface area contributed by atoms with E-state index in [1.165, 1.54) is 6.07 Å². The summed E-state index contributed by atoms with van der Waals surface area (Å²) in [4.78, 5) is 10.5. The average molecular weight is 234 g/mol. The van der Waals surface area contributed by atoms with Gasteiger partial charge in [0.25, 0.3) is 5.69 Å². The molecule has 4 heteroatoms. The Labute approximate surface area is 101 Å². The van der Waals surface area contributed by atoms with Crippen molar-refractivity contribution in [2.24, 2.45) is 5.92 Å². The van der Waals surface area contributed by atoms with Crippen molar-refractivity contribution in [3.05, 3.63) is 38.9 Å². The predicted octanol–water partition coefficient (Wildman–Crippen LogP) is 3.49. The largest absolute Gasteiger partial charge is 0.304 e. The topological polar surface area (TPSA) is 67.0 Å². The molecule has 1 rings (SSSR count). The molecule has 4 nitrogen and oxygen atoms in total. The van der Waals surface area contributed by atoms with Crippen LogP contribution in [0.2, 0.25) is 0 Å². The number of aryl methyl sites for hydroxylation is 1. The Morgan fingerprint density at radius 1 is 1.47 bits per heavy atom. The summed E-state index contributed by atoms with van der Waals surface area (Å²) in [5.74, 6) is 0.0704. The van der Waals surface area contributed by atoms with Gasteiger partial charge in [-0.1, -0.05) is 26.8 Å². The molecule has 0 bridgehead atoms. The second-order valence-corrected chi connectivity index (χ2v) is 4.42. The maximum absolute atomic E-state index is 10.9. The van der Waals surface area contributed by atoms with E-state index in [0.29, 0.717) is 11.3 Å². The molecule has 1 N–H and O–H groups in total. The summed E-state index contributed by atoms with van der Waals surface area (Å²) in [6.07, 6.45) is 0.781. The maximum Gasteiger partial charge on any atom is 0.272 e. The third-order valence-corrected chi connectivity index (χ3v) is 2.95. The molecular formula is C13H18N2O2. The molecule has 0 saturated carbocycles. The first-order valence-corrected chi connectivity index (χ1v) is 5.75. The average Bonchev–Trinajstić information content (AvgIpc) is 2.26. The minimum Gasteiger partial charge on any atom is -0.304 e. The van der Waals surface area contributed by atoms with Crippen LogP contribution >= 0.6 is 0 Å². The van der Waals surface area contributed by atoms with Gasteiger partial charge in [-0.2, -0.15) is 0 Å². The van der Waals surface area contributed by atoms with Crippen LogP contribution in [0.4, 0.5) is 5.69 Å². The molecule has 1 aromatic carbocycles. The Morgan fingerprint density at radius 2 is 2.06 bits per heavy atom. The molecule has 0 unspecified atom stereocenters. The summed E-state index contributed by atoms with van der Waals surface area (Å²) < 4.78 is 0. The highest BCUT2D eigenvalue weighted by Gasteiger charge is 2.20. The smallest absolute Gasteiger partial charge is 0.272 e. The number of nitro groups is 1. The Kier molecular flexibility index (Phi) is 3.99. The number of benzene rings is 1. The SMILES string of the molecule is CCc1ccc([N+](=O)[O-])c(C)c1C(=N)C(C)C. The van der Waals surface area contributed by atoms with Crippen molar-refractivity contribution in [1.29, 1.82) is 5.41 Å². The van der Waals surface area contributed by atoms with Crippen molar-refractivity contribution < 1.29 is 4.92 Å². The lowest BCUT2D eigenvalue weighted by atomic mass is 9.90. The van der Waals surface area contributed by atoms with Crippen LogP contribution in [0.25, 0.3) is 0 Å². The van der Waals surface area contributed by atoms with Crippen LogP contribution in [-0.2, 0) is 6.42 Å². The fraction of sp³-hybridized carbons (Fsp3) is 0.462. The summed E-state index contributed by atoms with van der Waals surface area (Å²) >= 11 is 0. The highest BCUT2D eigenvalue weighted by Crippen LogP contribution is 2.27. The molecule has 0 aromatic heterocycles. The lowest BCUT2D eigenvalue weighted by Gasteiger charge is -2.15. The fourth-order valence-corrected chi connectivity index (χ4v) is 1.91. The highest BCUT2D eigenvalue weighted by molar-refractivity contribution is 6.02. The zero-order chi connectivity index (χ0) is 13.2. The van der Waals surface area contributed by atoms with Gasteiger partial charge in [-0.15, -0.1) is 0 Å². The lowest BCUT2D eigenvalue weighted by Crippen LogP contribution is -2.13. The van der Waals surface area contributed by atoms with Gasteiger partial charge in [0, 0.05) is 22.9 Å². The zero-order valence-corrected chi connectivity index (χ0v) is 10.7. The quantitative estimate of drug-likeness (QED) is 0.492. The number of nitrogens with zero attached hydrogens (tertiary/aromatic N) is 1. The molecule has 0 atom stereocenters. The first-order chi connectivity index (χ1) is 7.90. The second-order valence-electron chi connectivity index (χ2n) is 4.42. The van der Waals surface area contributed by atoms with Crippen molar-refractivity contribution in [2.45, 2.75) is 34.1 Å². The summed E-state index contributed by atoms with van der Waals surface area (Å²) in [5, 5.41) is 19.0. The normalized spacial score (nSPS) is 10.6. The first kappa shape index (κ1) is 13.4. The second kappa shape index (κ2) is 5.08. The highest BCUT2D eigenvalue weighted by atomic mass is 16.6. The summed E-state index contributed by atoms with van der Waals surface area (Å²) in [7, 11) is 0. The molecule has 0 heterocycles. The molecule has 0 aliphatic carbocycles. The monoisotopic (exact) mass is 234 g/mol.